The van der Waals surface area contributed by atoms with E-state index in [1.54, 1.807) is 6.08 Å². The van der Waals surface area contributed by atoms with Crippen LogP contribution in [-0.2, 0) is 9.59 Å². The Hall–Kier alpha value is -1.86. The smallest absolute Gasteiger partial charge is 0.326 e. The van der Waals surface area contributed by atoms with Crippen LogP contribution in [0.1, 0.15) is 25.8 Å². The maximum absolute atomic E-state index is 12.3. The zero-order valence-corrected chi connectivity index (χ0v) is 14.4. The fraction of sp³-hybridized carbons (Fsp3) is 0.312. The fourth-order valence-electron chi connectivity index (χ4n) is 1.96. The first kappa shape index (κ1) is 17.5. The Morgan fingerprint density at radius 1 is 1.43 bits per heavy atom. The number of hydrogen-bond acceptors (Lipinski definition) is 5. The first-order chi connectivity index (χ1) is 10.9. The summed E-state index contributed by atoms with van der Waals surface area (Å²) in [4.78, 5) is 25.0. The number of rotatable bonds is 6. The summed E-state index contributed by atoms with van der Waals surface area (Å²) < 4.78 is 5.77. The van der Waals surface area contributed by atoms with Gasteiger partial charge in [0.15, 0.2) is 0 Å². The van der Waals surface area contributed by atoms with E-state index >= 15 is 0 Å². The molecule has 2 rings (SSSR count). The van der Waals surface area contributed by atoms with Crippen molar-refractivity contribution in [1.29, 1.82) is 0 Å². The van der Waals surface area contributed by atoms with Crippen molar-refractivity contribution in [3.8, 4) is 5.75 Å². The number of thioether (sulfide) groups is 1. The molecule has 1 unspecified atom stereocenters. The molecule has 1 fully saturated rings. The van der Waals surface area contributed by atoms with Crippen LogP contribution in [0.4, 0.5) is 0 Å². The molecule has 1 heterocycles. The number of ether oxygens (including phenoxy) is 1. The van der Waals surface area contributed by atoms with Crippen LogP contribution in [0.2, 0.25) is 0 Å². The summed E-state index contributed by atoms with van der Waals surface area (Å²) in [6.45, 7) is 4.13. The molecule has 1 aliphatic rings. The lowest BCUT2D eigenvalue weighted by Crippen LogP contribution is -2.41. The van der Waals surface area contributed by atoms with Gasteiger partial charge >= 0.3 is 5.97 Å². The van der Waals surface area contributed by atoms with Gasteiger partial charge < -0.3 is 9.84 Å². The summed E-state index contributed by atoms with van der Waals surface area (Å²) in [6, 6.07) is 6.39. The van der Waals surface area contributed by atoms with E-state index in [1.807, 2.05) is 31.2 Å². The molecule has 0 saturated carbocycles. The van der Waals surface area contributed by atoms with E-state index < -0.39 is 12.0 Å². The van der Waals surface area contributed by atoms with Gasteiger partial charge in [-0.25, -0.2) is 4.79 Å². The third-order valence-corrected chi connectivity index (χ3v) is 4.55. The number of carbonyl (C=O) groups is 2. The Bertz CT molecular complexity index is 655. The van der Waals surface area contributed by atoms with Crippen LogP contribution in [0.15, 0.2) is 29.2 Å². The van der Waals surface area contributed by atoms with Crippen molar-refractivity contribution in [3.63, 3.8) is 0 Å². The third kappa shape index (κ3) is 4.11. The van der Waals surface area contributed by atoms with E-state index in [0.717, 1.165) is 34.4 Å². The molecule has 122 valence electrons. The molecule has 5 nitrogen and oxygen atoms in total. The van der Waals surface area contributed by atoms with Crippen LogP contribution in [-0.4, -0.2) is 38.9 Å². The Kier molecular flexibility index (Phi) is 5.79. The lowest BCUT2D eigenvalue weighted by atomic mass is 10.2. The fourth-order valence-corrected chi connectivity index (χ4v) is 3.37. The molecule has 0 spiro atoms. The van der Waals surface area contributed by atoms with Gasteiger partial charge in [0.1, 0.15) is 16.1 Å². The number of hydrogen-bond donors (Lipinski definition) is 1. The first-order valence-corrected chi connectivity index (χ1v) is 8.39. The van der Waals surface area contributed by atoms with E-state index in [9.17, 15) is 9.59 Å². The number of nitrogens with zero attached hydrogens (tertiary/aromatic N) is 1. The number of carbonyl (C=O) groups excluding carboxylic acids is 1. The van der Waals surface area contributed by atoms with Crippen molar-refractivity contribution in [2.24, 2.45) is 0 Å². The molecule has 1 aliphatic heterocycles. The number of benzene rings is 1. The molecule has 1 amide bonds. The van der Waals surface area contributed by atoms with Crippen molar-refractivity contribution in [1.82, 2.24) is 4.90 Å². The third-order valence-electron chi connectivity index (χ3n) is 3.22. The normalized spacial score (nSPS) is 17.7. The van der Waals surface area contributed by atoms with Gasteiger partial charge in [0.05, 0.1) is 11.5 Å². The van der Waals surface area contributed by atoms with Crippen LogP contribution in [0.25, 0.3) is 6.08 Å². The zero-order chi connectivity index (χ0) is 17.0. The molecule has 0 bridgehead atoms. The quantitative estimate of drug-likeness (QED) is 0.627. The van der Waals surface area contributed by atoms with Crippen molar-refractivity contribution in [2.75, 3.05) is 6.61 Å². The molecule has 7 heteroatoms. The SMILES string of the molecule is CCCOc1ccc(/C=C2\SC(=S)N(C(C)C(=O)O)C2=O)cc1. The van der Waals surface area contributed by atoms with Crippen molar-refractivity contribution < 1.29 is 19.4 Å². The van der Waals surface area contributed by atoms with E-state index in [-0.39, 0.29) is 10.2 Å². The molecule has 1 aromatic carbocycles. The Morgan fingerprint density at radius 2 is 2.09 bits per heavy atom. The van der Waals surface area contributed by atoms with Crippen molar-refractivity contribution in [2.45, 2.75) is 26.3 Å². The minimum Gasteiger partial charge on any atom is -0.494 e. The predicted octanol–water partition coefficient (Wildman–Crippen LogP) is 3.15. The standard InChI is InChI=1S/C16H17NO4S2/c1-3-8-21-12-6-4-11(5-7-12)9-13-14(18)17(16(22)23-13)10(2)15(19)20/h4-7,9-10H,3,8H2,1-2H3,(H,19,20)/b13-9-. The maximum atomic E-state index is 12.3. The van der Waals surface area contributed by atoms with E-state index in [0.29, 0.717) is 11.5 Å². The second kappa shape index (κ2) is 7.61. The number of carboxylic acid groups (broad SMARTS) is 1. The number of amides is 1. The van der Waals surface area contributed by atoms with E-state index in [2.05, 4.69) is 0 Å². The van der Waals surface area contributed by atoms with E-state index in [4.69, 9.17) is 22.1 Å². The van der Waals surface area contributed by atoms with Crippen LogP contribution >= 0.6 is 24.0 Å². The predicted molar refractivity (Wildman–Crippen MR) is 94.3 cm³/mol. The van der Waals surface area contributed by atoms with Crippen LogP contribution in [0.5, 0.6) is 5.75 Å². The van der Waals surface area contributed by atoms with Crippen molar-refractivity contribution >= 4 is 46.3 Å². The summed E-state index contributed by atoms with van der Waals surface area (Å²) >= 11 is 6.23. The summed E-state index contributed by atoms with van der Waals surface area (Å²) in [6.07, 6.45) is 2.64. The summed E-state index contributed by atoms with van der Waals surface area (Å²) in [5, 5.41) is 9.06. The molecule has 1 saturated heterocycles. The minimum atomic E-state index is -1.08. The van der Waals surface area contributed by atoms with Crippen LogP contribution in [0, 0.1) is 0 Å². The summed E-state index contributed by atoms with van der Waals surface area (Å²) in [5.74, 6) is -0.683. The van der Waals surface area contributed by atoms with Gasteiger partial charge in [-0.2, -0.15) is 0 Å². The Morgan fingerprint density at radius 3 is 2.65 bits per heavy atom. The summed E-state index contributed by atoms with van der Waals surface area (Å²) in [7, 11) is 0. The largest absolute Gasteiger partial charge is 0.494 e. The second-order valence-corrected chi connectivity index (χ2v) is 6.66. The maximum Gasteiger partial charge on any atom is 0.326 e. The highest BCUT2D eigenvalue weighted by Gasteiger charge is 2.38. The molecule has 1 N–H and O–H groups in total. The van der Waals surface area contributed by atoms with Crippen LogP contribution < -0.4 is 4.74 Å². The molecule has 0 radical (unpaired) electrons. The minimum absolute atomic E-state index is 0.263. The van der Waals surface area contributed by atoms with Gasteiger partial charge in [0.25, 0.3) is 5.91 Å². The molecule has 23 heavy (non-hydrogen) atoms. The molecule has 1 aromatic rings. The monoisotopic (exact) mass is 351 g/mol. The highest BCUT2D eigenvalue weighted by molar-refractivity contribution is 8.26. The van der Waals surface area contributed by atoms with Crippen molar-refractivity contribution in [3.05, 3.63) is 34.7 Å². The Balaban J connectivity index is 2.15. The number of thiocarbonyl (C=S) groups is 1. The molecule has 0 aromatic heterocycles. The summed E-state index contributed by atoms with van der Waals surface area (Å²) in [5.41, 5.74) is 0.831. The molecular formula is C16H17NO4S2. The van der Waals surface area contributed by atoms with Gasteiger partial charge in [-0.3, -0.25) is 9.69 Å². The first-order valence-electron chi connectivity index (χ1n) is 7.16. The second-order valence-electron chi connectivity index (χ2n) is 4.98. The van der Waals surface area contributed by atoms with Gasteiger partial charge in [-0.05, 0) is 37.1 Å². The zero-order valence-electron chi connectivity index (χ0n) is 12.8. The van der Waals surface area contributed by atoms with Gasteiger partial charge in [0, 0.05) is 0 Å². The molecular weight excluding hydrogens is 334 g/mol. The van der Waals surface area contributed by atoms with Gasteiger partial charge in [0.2, 0.25) is 0 Å². The van der Waals surface area contributed by atoms with Gasteiger partial charge in [-0.1, -0.05) is 43.0 Å². The Labute approximate surface area is 144 Å². The topological polar surface area (TPSA) is 66.8 Å². The number of carboxylic acids is 1. The van der Waals surface area contributed by atoms with Gasteiger partial charge in [-0.15, -0.1) is 0 Å². The highest BCUT2D eigenvalue weighted by Crippen LogP contribution is 2.34. The lowest BCUT2D eigenvalue weighted by Gasteiger charge is -2.18. The average Bonchev–Trinajstić information content (AvgIpc) is 2.80. The van der Waals surface area contributed by atoms with E-state index in [1.165, 1.54) is 6.92 Å². The number of aliphatic carboxylic acids is 1. The average molecular weight is 351 g/mol. The highest BCUT2D eigenvalue weighted by atomic mass is 32.2. The molecule has 1 atom stereocenters. The lowest BCUT2D eigenvalue weighted by molar-refractivity contribution is -0.144. The van der Waals surface area contributed by atoms with Crippen LogP contribution in [0.3, 0.4) is 0 Å². The molecule has 0 aliphatic carbocycles.